The van der Waals surface area contributed by atoms with Crippen LogP contribution in [0.3, 0.4) is 0 Å². The molecule has 1 rings (SSSR count). The summed E-state index contributed by atoms with van der Waals surface area (Å²) in [5.41, 5.74) is 5.25. The minimum absolute atomic E-state index is 0. The van der Waals surface area contributed by atoms with Crippen LogP contribution in [0.5, 0.6) is 0 Å². The molecular formula is C11H17BrClN3O3S. The van der Waals surface area contributed by atoms with E-state index in [9.17, 15) is 13.2 Å². The number of benzene rings is 1. The van der Waals surface area contributed by atoms with Crippen molar-refractivity contribution < 1.29 is 13.2 Å². The second-order valence-electron chi connectivity index (χ2n) is 3.85. The Labute approximate surface area is 133 Å². The molecule has 1 aromatic rings. The Kier molecular flexibility index (Phi) is 8.29. The summed E-state index contributed by atoms with van der Waals surface area (Å²) in [6.07, 6.45) is 0. The van der Waals surface area contributed by atoms with Gasteiger partial charge in [0.05, 0.1) is 11.4 Å². The standard InChI is InChI=1S/C11H16BrN3O3S.ClH/c1-15(8-11(16)14-7-6-13)19(17,18)10-4-2-9(12)3-5-10;/h2-5H,6-8,13H2,1H3,(H,14,16);1H. The molecule has 3 N–H and O–H groups in total. The van der Waals surface area contributed by atoms with Crippen LogP contribution in [-0.2, 0) is 14.8 Å². The van der Waals surface area contributed by atoms with E-state index in [4.69, 9.17) is 5.73 Å². The average molecular weight is 387 g/mol. The first kappa shape index (κ1) is 19.3. The van der Waals surface area contributed by atoms with Crippen LogP contribution in [0, 0.1) is 0 Å². The van der Waals surface area contributed by atoms with Crippen molar-refractivity contribution in [1.82, 2.24) is 9.62 Å². The minimum atomic E-state index is -3.66. The summed E-state index contributed by atoms with van der Waals surface area (Å²) in [6, 6.07) is 6.23. The molecule has 0 aromatic heterocycles. The predicted octanol–water partition coefficient (Wildman–Crippen LogP) is 0.566. The molecule has 0 aliphatic carbocycles. The van der Waals surface area contributed by atoms with Crippen LogP contribution in [0.2, 0.25) is 0 Å². The fourth-order valence-corrected chi connectivity index (χ4v) is 2.73. The Morgan fingerprint density at radius 2 is 1.90 bits per heavy atom. The summed E-state index contributed by atoms with van der Waals surface area (Å²) in [7, 11) is -2.29. The highest BCUT2D eigenvalue weighted by Gasteiger charge is 2.22. The van der Waals surface area contributed by atoms with Gasteiger partial charge in [0.25, 0.3) is 0 Å². The number of sulfonamides is 1. The summed E-state index contributed by atoms with van der Waals surface area (Å²) in [6.45, 7) is 0.401. The molecule has 0 saturated heterocycles. The van der Waals surface area contributed by atoms with Crippen LogP contribution in [0.1, 0.15) is 0 Å². The van der Waals surface area contributed by atoms with E-state index in [1.165, 1.54) is 19.2 Å². The van der Waals surface area contributed by atoms with Crippen molar-refractivity contribution in [1.29, 1.82) is 0 Å². The lowest BCUT2D eigenvalue weighted by atomic mass is 10.4. The summed E-state index contributed by atoms with van der Waals surface area (Å²) < 4.78 is 26.1. The Morgan fingerprint density at radius 1 is 1.35 bits per heavy atom. The Balaban J connectivity index is 0.00000361. The lowest BCUT2D eigenvalue weighted by Crippen LogP contribution is -2.39. The second-order valence-corrected chi connectivity index (χ2v) is 6.81. The highest BCUT2D eigenvalue weighted by atomic mass is 79.9. The third-order valence-electron chi connectivity index (χ3n) is 2.35. The van der Waals surface area contributed by atoms with Gasteiger partial charge >= 0.3 is 0 Å². The van der Waals surface area contributed by atoms with E-state index in [1.54, 1.807) is 12.1 Å². The molecule has 114 valence electrons. The van der Waals surface area contributed by atoms with Gasteiger partial charge in [-0.2, -0.15) is 4.31 Å². The first-order valence-electron chi connectivity index (χ1n) is 5.56. The number of carbonyl (C=O) groups is 1. The molecule has 0 bridgehead atoms. The largest absolute Gasteiger partial charge is 0.354 e. The number of hydrogen-bond donors (Lipinski definition) is 2. The van der Waals surface area contributed by atoms with Crippen LogP contribution in [-0.4, -0.2) is 45.3 Å². The van der Waals surface area contributed by atoms with Crippen molar-refractivity contribution in [3.8, 4) is 0 Å². The van der Waals surface area contributed by atoms with E-state index in [1.807, 2.05) is 0 Å². The van der Waals surface area contributed by atoms with E-state index in [2.05, 4.69) is 21.2 Å². The molecule has 0 fully saturated rings. The monoisotopic (exact) mass is 385 g/mol. The fraction of sp³-hybridized carbons (Fsp3) is 0.364. The molecule has 0 aliphatic heterocycles. The maximum Gasteiger partial charge on any atom is 0.243 e. The number of carbonyl (C=O) groups excluding carboxylic acids is 1. The Morgan fingerprint density at radius 3 is 2.40 bits per heavy atom. The van der Waals surface area contributed by atoms with Crippen molar-refractivity contribution in [3.05, 3.63) is 28.7 Å². The molecule has 0 atom stereocenters. The summed E-state index contributed by atoms with van der Waals surface area (Å²) in [5, 5.41) is 2.52. The molecule has 0 saturated carbocycles. The first-order valence-corrected chi connectivity index (χ1v) is 7.80. The highest BCUT2D eigenvalue weighted by Crippen LogP contribution is 2.17. The van der Waals surface area contributed by atoms with Crippen molar-refractivity contribution in [2.24, 2.45) is 5.73 Å². The molecular weight excluding hydrogens is 370 g/mol. The van der Waals surface area contributed by atoms with Gasteiger partial charge in [0, 0.05) is 24.6 Å². The van der Waals surface area contributed by atoms with Crippen LogP contribution >= 0.6 is 28.3 Å². The van der Waals surface area contributed by atoms with E-state index in [0.29, 0.717) is 13.1 Å². The van der Waals surface area contributed by atoms with E-state index >= 15 is 0 Å². The quantitative estimate of drug-likeness (QED) is 0.747. The van der Waals surface area contributed by atoms with Gasteiger partial charge in [0.15, 0.2) is 0 Å². The molecule has 0 aliphatic rings. The molecule has 0 spiro atoms. The van der Waals surface area contributed by atoms with Crippen LogP contribution < -0.4 is 11.1 Å². The van der Waals surface area contributed by atoms with Crippen molar-refractivity contribution in [3.63, 3.8) is 0 Å². The number of likely N-dealkylation sites (N-methyl/N-ethyl adjacent to an activating group) is 1. The third kappa shape index (κ3) is 5.37. The minimum Gasteiger partial charge on any atom is -0.354 e. The lowest BCUT2D eigenvalue weighted by Gasteiger charge is -2.16. The Bertz CT molecular complexity index is 536. The van der Waals surface area contributed by atoms with Gasteiger partial charge in [-0.1, -0.05) is 15.9 Å². The number of rotatable bonds is 6. The lowest BCUT2D eigenvalue weighted by molar-refractivity contribution is -0.121. The molecule has 6 nitrogen and oxygen atoms in total. The highest BCUT2D eigenvalue weighted by molar-refractivity contribution is 9.10. The van der Waals surface area contributed by atoms with Gasteiger partial charge in [-0.25, -0.2) is 8.42 Å². The molecule has 0 radical (unpaired) electrons. The molecule has 1 amide bonds. The third-order valence-corrected chi connectivity index (χ3v) is 4.70. The average Bonchev–Trinajstić information content (AvgIpc) is 2.36. The maximum absolute atomic E-state index is 12.2. The van der Waals surface area contributed by atoms with Crippen LogP contribution in [0.15, 0.2) is 33.6 Å². The zero-order valence-corrected chi connectivity index (χ0v) is 14.1. The van der Waals surface area contributed by atoms with Crippen LogP contribution in [0.4, 0.5) is 0 Å². The summed E-state index contributed by atoms with van der Waals surface area (Å²) in [5.74, 6) is -0.381. The van der Waals surface area contributed by atoms with Crippen molar-refractivity contribution >= 4 is 44.3 Å². The zero-order chi connectivity index (χ0) is 14.5. The van der Waals surface area contributed by atoms with Gasteiger partial charge in [-0.3, -0.25) is 4.79 Å². The predicted molar refractivity (Wildman–Crippen MR) is 83.3 cm³/mol. The number of nitrogens with one attached hydrogen (secondary N) is 1. The van der Waals surface area contributed by atoms with Gasteiger partial charge in [-0.15, -0.1) is 12.4 Å². The molecule has 1 aromatic carbocycles. The normalized spacial score (nSPS) is 11.0. The Hall–Kier alpha value is -0.670. The molecule has 9 heteroatoms. The topological polar surface area (TPSA) is 92.5 Å². The van der Waals surface area contributed by atoms with E-state index in [0.717, 1.165) is 8.78 Å². The number of hydrogen-bond acceptors (Lipinski definition) is 4. The molecule has 20 heavy (non-hydrogen) atoms. The second kappa shape index (κ2) is 8.58. The van der Waals surface area contributed by atoms with E-state index < -0.39 is 10.0 Å². The number of halogens is 2. The SMILES string of the molecule is CN(CC(=O)NCCN)S(=O)(=O)c1ccc(Br)cc1.Cl. The fourth-order valence-electron chi connectivity index (χ4n) is 1.34. The maximum atomic E-state index is 12.2. The number of amides is 1. The molecule has 0 heterocycles. The summed E-state index contributed by atoms with van der Waals surface area (Å²) in [4.78, 5) is 11.6. The van der Waals surface area contributed by atoms with Gasteiger partial charge in [0.1, 0.15) is 0 Å². The van der Waals surface area contributed by atoms with Crippen LogP contribution in [0.25, 0.3) is 0 Å². The van der Waals surface area contributed by atoms with Gasteiger partial charge in [-0.05, 0) is 24.3 Å². The number of nitrogens with two attached hydrogens (primary N) is 1. The summed E-state index contributed by atoms with van der Waals surface area (Å²) >= 11 is 3.23. The van der Waals surface area contributed by atoms with E-state index in [-0.39, 0.29) is 29.8 Å². The van der Waals surface area contributed by atoms with Gasteiger partial charge < -0.3 is 11.1 Å². The molecule has 0 unspecified atom stereocenters. The zero-order valence-electron chi connectivity index (χ0n) is 10.9. The first-order chi connectivity index (χ1) is 8.87. The van der Waals surface area contributed by atoms with Crippen molar-refractivity contribution in [2.45, 2.75) is 4.90 Å². The van der Waals surface area contributed by atoms with Crippen molar-refractivity contribution in [2.75, 3.05) is 26.7 Å². The van der Waals surface area contributed by atoms with Gasteiger partial charge in [0.2, 0.25) is 15.9 Å². The number of nitrogens with zero attached hydrogens (tertiary/aromatic N) is 1. The smallest absolute Gasteiger partial charge is 0.243 e.